The standard InChI is InChI=1S/C19H18N2O2/c20-13-15-8-10-17(11-9-15)23-14-19(22)21-12-4-7-18(21)16-5-2-1-3-6-16/h1-3,5-6,8-11,18H,4,7,12,14H2. The van der Waals surface area contributed by atoms with Gasteiger partial charge in [0.2, 0.25) is 0 Å². The van der Waals surface area contributed by atoms with Gasteiger partial charge in [0.05, 0.1) is 17.7 Å². The third-order valence-corrected chi connectivity index (χ3v) is 4.10. The molecular formula is C19H18N2O2. The first-order chi connectivity index (χ1) is 11.3. The second kappa shape index (κ2) is 6.97. The molecular weight excluding hydrogens is 288 g/mol. The minimum atomic E-state index is 0.000660. The Morgan fingerprint density at radius 1 is 1.17 bits per heavy atom. The number of rotatable bonds is 4. The minimum absolute atomic E-state index is 0.000660. The molecule has 2 aromatic carbocycles. The molecule has 1 aliphatic heterocycles. The van der Waals surface area contributed by atoms with Crippen molar-refractivity contribution in [3.63, 3.8) is 0 Å². The number of carbonyl (C=O) groups is 1. The molecule has 0 bridgehead atoms. The highest BCUT2D eigenvalue weighted by Crippen LogP contribution is 2.31. The van der Waals surface area contributed by atoms with E-state index in [1.807, 2.05) is 23.1 Å². The van der Waals surface area contributed by atoms with E-state index < -0.39 is 0 Å². The molecule has 0 aliphatic carbocycles. The molecule has 1 fully saturated rings. The summed E-state index contributed by atoms with van der Waals surface area (Å²) in [6.07, 6.45) is 2.01. The van der Waals surface area contributed by atoms with Crippen LogP contribution in [0.1, 0.15) is 30.0 Å². The summed E-state index contributed by atoms with van der Waals surface area (Å²) in [4.78, 5) is 14.4. The predicted molar refractivity (Wildman–Crippen MR) is 86.8 cm³/mol. The van der Waals surface area contributed by atoms with Gasteiger partial charge in [-0.3, -0.25) is 4.79 Å². The Morgan fingerprint density at radius 3 is 2.61 bits per heavy atom. The van der Waals surface area contributed by atoms with E-state index in [1.54, 1.807) is 24.3 Å². The molecule has 4 heteroatoms. The first-order valence-corrected chi connectivity index (χ1v) is 7.75. The number of ether oxygens (including phenoxy) is 1. The van der Waals surface area contributed by atoms with Crippen LogP contribution in [0.25, 0.3) is 0 Å². The summed E-state index contributed by atoms with van der Waals surface area (Å²) in [5.41, 5.74) is 1.75. The van der Waals surface area contributed by atoms with E-state index in [4.69, 9.17) is 10.00 Å². The number of amides is 1. The average molecular weight is 306 g/mol. The summed E-state index contributed by atoms with van der Waals surface area (Å²) in [5.74, 6) is 0.605. The SMILES string of the molecule is N#Cc1ccc(OCC(=O)N2CCCC2c2ccccc2)cc1. The minimum Gasteiger partial charge on any atom is -0.484 e. The molecule has 1 unspecified atom stereocenters. The zero-order chi connectivity index (χ0) is 16.1. The summed E-state index contributed by atoms with van der Waals surface area (Å²) in [6.45, 7) is 0.796. The molecule has 1 amide bonds. The van der Waals surface area contributed by atoms with Crippen molar-refractivity contribution < 1.29 is 9.53 Å². The van der Waals surface area contributed by atoms with Gasteiger partial charge in [-0.1, -0.05) is 30.3 Å². The number of hydrogen-bond acceptors (Lipinski definition) is 3. The molecule has 23 heavy (non-hydrogen) atoms. The maximum atomic E-state index is 12.5. The van der Waals surface area contributed by atoms with Crippen molar-refractivity contribution >= 4 is 5.91 Å². The van der Waals surface area contributed by atoms with Crippen LogP contribution in [0.15, 0.2) is 54.6 Å². The molecule has 0 aromatic heterocycles. The normalized spacial score (nSPS) is 16.8. The Morgan fingerprint density at radius 2 is 1.91 bits per heavy atom. The van der Waals surface area contributed by atoms with Gasteiger partial charge in [0, 0.05) is 6.54 Å². The van der Waals surface area contributed by atoms with Crippen LogP contribution in [0, 0.1) is 11.3 Å². The van der Waals surface area contributed by atoms with Crippen LogP contribution in [0.2, 0.25) is 0 Å². The number of carbonyl (C=O) groups excluding carboxylic acids is 1. The average Bonchev–Trinajstić information content (AvgIpc) is 3.11. The quantitative estimate of drug-likeness (QED) is 0.871. The third kappa shape index (κ3) is 3.51. The molecule has 2 aromatic rings. The molecule has 1 aliphatic rings. The van der Waals surface area contributed by atoms with Crippen molar-refractivity contribution in [3.05, 3.63) is 65.7 Å². The van der Waals surface area contributed by atoms with Crippen molar-refractivity contribution in [1.29, 1.82) is 5.26 Å². The molecule has 116 valence electrons. The van der Waals surface area contributed by atoms with Crippen LogP contribution in [0.3, 0.4) is 0 Å². The predicted octanol–water partition coefficient (Wildman–Crippen LogP) is 3.30. The molecule has 0 N–H and O–H groups in total. The highest BCUT2D eigenvalue weighted by Gasteiger charge is 2.29. The molecule has 0 saturated carbocycles. The lowest BCUT2D eigenvalue weighted by Gasteiger charge is -2.25. The first-order valence-electron chi connectivity index (χ1n) is 7.75. The summed E-state index contributed by atoms with van der Waals surface area (Å²) in [7, 11) is 0. The highest BCUT2D eigenvalue weighted by atomic mass is 16.5. The van der Waals surface area contributed by atoms with Crippen LogP contribution < -0.4 is 4.74 Å². The fraction of sp³-hybridized carbons (Fsp3) is 0.263. The molecule has 1 atom stereocenters. The first kappa shape index (κ1) is 15.1. The maximum absolute atomic E-state index is 12.5. The zero-order valence-corrected chi connectivity index (χ0v) is 12.8. The third-order valence-electron chi connectivity index (χ3n) is 4.10. The number of likely N-dealkylation sites (tertiary alicyclic amines) is 1. The van der Waals surface area contributed by atoms with Crippen molar-refractivity contribution in [3.8, 4) is 11.8 Å². The molecule has 0 spiro atoms. The van der Waals surface area contributed by atoms with E-state index >= 15 is 0 Å². The van der Waals surface area contributed by atoms with Crippen LogP contribution in [0.5, 0.6) is 5.75 Å². The number of hydrogen-bond donors (Lipinski definition) is 0. The fourth-order valence-electron chi connectivity index (χ4n) is 2.94. The van der Waals surface area contributed by atoms with Crippen LogP contribution in [0.4, 0.5) is 0 Å². The molecule has 1 saturated heterocycles. The van der Waals surface area contributed by atoms with Gasteiger partial charge in [-0.15, -0.1) is 0 Å². The lowest BCUT2D eigenvalue weighted by Crippen LogP contribution is -2.34. The number of benzene rings is 2. The van der Waals surface area contributed by atoms with E-state index in [2.05, 4.69) is 18.2 Å². The van der Waals surface area contributed by atoms with E-state index in [0.29, 0.717) is 11.3 Å². The largest absolute Gasteiger partial charge is 0.484 e. The Kier molecular flexibility index (Phi) is 4.58. The number of nitriles is 1. The van der Waals surface area contributed by atoms with Crippen molar-refractivity contribution in [1.82, 2.24) is 4.90 Å². The second-order valence-corrected chi connectivity index (χ2v) is 5.58. The monoisotopic (exact) mass is 306 g/mol. The van der Waals surface area contributed by atoms with Gasteiger partial charge in [0.25, 0.3) is 5.91 Å². The summed E-state index contributed by atoms with van der Waals surface area (Å²) < 4.78 is 5.56. The summed E-state index contributed by atoms with van der Waals surface area (Å²) in [6, 6.07) is 19.1. The van der Waals surface area contributed by atoms with E-state index in [9.17, 15) is 4.79 Å². The van der Waals surface area contributed by atoms with Gasteiger partial charge < -0.3 is 9.64 Å². The lowest BCUT2D eigenvalue weighted by molar-refractivity contribution is -0.134. The topological polar surface area (TPSA) is 53.3 Å². The summed E-state index contributed by atoms with van der Waals surface area (Å²) >= 11 is 0. The fourth-order valence-corrected chi connectivity index (χ4v) is 2.94. The van der Waals surface area contributed by atoms with E-state index in [1.165, 1.54) is 5.56 Å². The zero-order valence-electron chi connectivity index (χ0n) is 12.8. The molecule has 0 radical (unpaired) electrons. The van der Waals surface area contributed by atoms with Crippen LogP contribution in [-0.2, 0) is 4.79 Å². The van der Waals surface area contributed by atoms with Gasteiger partial charge >= 0.3 is 0 Å². The van der Waals surface area contributed by atoms with Crippen LogP contribution >= 0.6 is 0 Å². The number of nitrogens with zero attached hydrogens (tertiary/aromatic N) is 2. The molecule has 4 nitrogen and oxygen atoms in total. The van der Waals surface area contributed by atoms with Gasteiger partial charge in [0.1, 0.15) is 5.75 Å². The maximum Gasteiger partial charge on any atom is 0.261 e. The Labute approximate surface area is 135 Å². The van der Waals surface area contributed by atoms with Crippen molar-refractivity contribution in [2.75, 3.05) is 13.2 Å². The Bertz CT molecular complexity index is 704. The van der Waals surface area contributed by atoms with Crippen molar-refractivity contribution in [2.45, 2.75) is 18.9 Å². The van der Waals surface area contributed by atoms with Crippen molar-refractivity contribution in [2.24, 2.45) is 0 Å². The smallest absolute Gasteiger partial charge is 0.261 e. The van der Waals surface area contributed by atoms with Gasteiger partial charge in [0.15, 0.2) is 6.61 Å². The van der Waals surface area contributed by atoms with Gasteiger partial charge in [-0.25, -0.2) is 0 Å². The molecule has 1 heterocycles. The highest BCUT2D eigenvalue weighted by molar-refractivity contribution is 5.78. The Balaban J connectivity index is 1.62. The Hall–Kier alpha value is -2.80. The van der Waals surface area contributed by atoms with E-state index in [-0.39, 0.29) is 18.6 Å². The van der Waals surface area contributed by atoms with Gasteiger partial charge in [-0.2, -0.15) is 5.26 Å². The summed E-state index contributed by atoms with van der Waals surface area (Å²) in [5, 5.41) is 8.78. The van der Waals surface area contributed by atoms with Gasteiger partial charge in [-0.05, 0) is 42.7 Å². The van der Waals surface area contributed by atoms with Crippen LogP contribution in [-0.4, -0.2) is 24.0 Å². The lowest BCUT2D eigenvalue weighted by atomic mass is 10.0. The van der Waals surface area contributed by atoms with E-state index in [0.717, 1.165) is 19.4 Å². The molecule has 3 rings (SSSR count). The second-order valence-electron chi connectivity index (χ2n) is 5.58.